The van der Waals surface area contributed by atoms with Gasteiger partial charge in [0.1, 0.15) is 0 Å². The Balaban J connectivity index is 1.95. The van der Waals surface area contributed by atoms with Crippen molar-refractivity contribution in [3.8, 4) is 0 Å². The molecule has 4 heteroatoms. The molecule has 2 rings (SSSR count). The number of aromatic nitrogens is 1. The van der Waals surface area contributed by atoms with Gasteiger partial charge in [0.15, 0.2) is 0 Å². The maximum absolute atomic E-state index is 9.76. The molecule has 106 valence electrons. The second-order valence-electron chi connectivity index (χ2n) is 5.37. The first-order valence-electron chi connectivity index (χ1n) is 7.21. The summed E-state index contributed by atoms with van der Waals surface area (Å²) in [5.74, 6) is 0. The molecule has 1 saturated carbocycles. The molecular weight excluding hydrogens is 256 g/mol. The third kappa shape index (κ3) is 4.20. The fourth-order valence-corrected chi connectivity index (χ4v) is 4.05. The normalized spacial score (nSPS) is 27.4. The maximum atomic E-state index is 9.76. The molecule has 0 amide bonds. The van der Waals surface area contributed by atoms with Crippen LogP contribution in [0.5, 0.6) is 0 Å². The van der Waals surface area contributed by atoms with Crippen molar-refractivity contribution in [3.05, 3.63) is 24.4 Å². The van der Waals surface area contributed by atoms with Crippen LogP contribution < -0.4 is 5.32 Å². The van der Waals surface area contributed by atoms with Crippen molar-refractivity contribution in [2.45, 2.75) is 54.8 Å². The lowest BCUT2D eigenvalue weighted by Crippen LogP contribution is -2.52. The summed E-state index contributed by atoms with van der Waals surface area (Å²) in [6, 6.07) is 6.05. The number of aliphatic hydroxyl groups excluding tert-OH is 1. The van der Waals surface area contributed by atoms with Gasteiger partial charge in [0.25, 0.3) is 0 Å². The second-order valence-corrected chi connectivity index (χ2v) is 6.69. The summed E-state index contributed by atoms with van der Waals surface area (Å²) in [5, 5.41) is 15.0. The molecule has 0 bridgehead atoms. The highest BCUT2D eigenvalue weighted by Crippen LogP contribution is 2.37. The molecule has 1 aliphatic carbocycles. The van der Waals surface area contributed by atoms with Crippen LogP contribution in [0.25, 0.3) is 0 Å². The lowest BCUT2D eigenvalue weighted by atomic mass is 9.82. The number of rotatable bonds is 6. The summed E-state index contributed by atoms with van der Waals surface area (Å²) in [4.78, 5) is 4.39. The summed E-state index contributed by atoms with van der Waals surface area (Å²) in [6.07, 6.45) is 7.48. The Morgan fingerprint density at radius 3 is 3.11 bits per heavy atom. The summed E-state index contributed by atoms with van der Waals surface area (Å²) < 4.78 is 0. The predicted octanol–water partition coefficient (Wildman–Crippen LogP) is 2.85. The number of thioether (sulfide) groups is 1. The van der Waals surface area contributed by atoms with E-state index in [9.17, 15) is 5.11 Å². The Morgan fingerprint density at radius 1 is 1.53 bits per heavy atom. The second kappa shape index (κ2) is 7.27. The first kappa shape index (κ1) is 14.8. The van der Waals surface area contributed by atoms with E-state index >= 15 is 0 Å². The van der Waals surface area contributed by atoms with Crippen LogP contribution in [-0.4, -0.2) is 34.0 Å². The van der Waals surface area contributed by atoms with Crippen molar-refractivity contribution in [1.29, 1.82) is 0 Å². The van der Waals surface area contributed by atoms with E-state index in [0.717, 1.165) is 30.8 Å². The van der Waals surface area contributed by atoms with E-state index in [1.165, 1.54) is 12.8 Å². The van der Waals surface area contributed by atoms with E-state index in [0.29, 0.717) is 5.25 Å². The Bertz CT molecular complexity index is 374. The van der Waals surface area contributed by atoms with E-state index < -0.39 is 0 Å². The molecule has 1 fully saturated rings. The molecular formula is C15H24N2OS. The van der Waals surface area contributed by atoms with Crippen molar-refractivity contribution < 1.29 is 5.11 Å². The van der Waals surface area contributed by atoms with E-state index in [1.54, 1.807) is 0 Å². The largest absolute Gasteiger partial charge is 0.394 e. The monoisotopic (exact) mass is 280 g/mol. The molecule has 2 atom stereocenters. The van der Waals surface area contributed by atoms with Crippen LogP contribution in [0.15, 0.2) is 29.4 Å². The van der Waals surface area contributed by atoms with Gasteiger partial charge in [0.05, 0.1) is 11.6 Å². The highest BCUT2D eigenvalue weighted by atomic mass is 32.2. The molecule has 0 spiro atoms. The van der Waals surface area contributed by atoms with Crippen molar-refractivity contribution in [3.63, 3.8) is 0 Å². The zero-order valence-electron chi connectivity index (χ0n) is 11.6. The zero-order valence-corrected chi connectivity index (χ0v) is 12.5. The Labute approximate surface area is 120 Å². The van der Waals surface area contributed by atoms with E-state index in [4.69, 9.17) is 0 Å². The molecule has 1 aromatic heterocycles. The first-order valence-corrected chi connectivity index (χ1v) is 8.09. The number of aliphatic hydroxyl groups is 1. The van der Waals surface area contributed by atoms with E-state index in [2.05, 4.69) is 23.3 Å². The zero-order chi connectivity index (χ0) is 13.6. The SMILES string of the molecule is CCCNC1(CO)CCCC(Sc2ccccn2)C1. The van der Waals surface area contributed by atoms with Crippen LogP contribution in [0, 0.1) is 0 Å². The molecule has 0 aliphatic heterocycles. The molecule has 1 heterocycles. The number of nitrogens with one attached hydrogen (secondary N) is 1. The van der Waals surface area contributed by atoms with Crippen LogP contribution in [0.1, 0.15) is 39.0 Å². The lowest BCUT2D eigenvalue weighted by Gasteiger charge is -2.40. The third-order valence-corrected chi connectivity index (χ3v) is 5.00. The minimum atomic E-state index is -0.0687. The molecule has 2 unspecified atom stereocenters. The van der Waals surface area contributed by atoms with E-state index in [1.807, 2.05) is 30.1 Å². The van der Waals surface area contributed by atoms with Crippen molar-refractivity contribution in [2.24, 2.45) is 0 Å². The van der Waals surface area contributed by atoms with E-state index in [-0.39, 0.29) is 12.1 Å². The third-order valence-electron chi connectivity index (χ3n) is 3.78. The van der Waals surface area contributed by atoms with Gasteiger partial charge in [-0.15, -0.1) is 11.8 Å². The highest BCUT2D eigenvalue weighted by molar-refractivity contribution is 7.99. The van der Waals surface area contributed by atoms with Gasteiger partial charge in [0.2, 0.25) is 0 Å². The number of hydrogen-bond acceptors (Lipinski definition) is 4. The molecule has 1 aliphatic rings. The Morgan fingerprint density at radius 2 is 2.42 bits per heavy atom. The van der Waals surface area contributed by atoms with Crippen molar-refractivity contribution in [2.75, 3.05) is 13.2 Å². The lowest BCUT2D eigenvalue weighted by molar-refractivity contribution is 0.124. The van der Waals surface area contributed by atoms with Gasteiger partial charge in [-0.25, -0.2) is 4.98 Å². The molecule has 0 radical (unpaired) electrons. The molecule has 1 aromatic rings. The minimum Gasteiger partial charge on any atom is -0.394 e. The fourth-order valence-electron chi connectivity index (χ4n) is 2.75. The van der Waals surface area contributed by atoms with Crippen molar-refractivity contribution in [1.82, 2.24) is 10.3 Å². The summed E-state index contributed by atoms with van der Waals surface area (Å²) in [7, 11) is 0. The molecule has 0 aromatic carbocycles. The van der Waals surface area contributed by atoms with Crippen molar-refractivity contribution >= 4 is 11.8 Å². The summed E-state index contributed by atoms with van der Waals surface area (Å²) >= 11 is 1.85. The van der Waals surface area contributed by atoms with Gasteiger partial charge < -0.3 is 10.4 Å². The molecule has 19 heavy (non-hydrogen) atoms. The highest BCUT2D eigenvalue weighted by Gasteiger charge is 2.35. The Kier molecular flexibility index (Phi) is 5.67. The number of nitrogens with zero attached hydrogens (tertiary/aromatic N) is 1. The van der Waals surface area contributed by atoms with Gasteiger partial charge in [-0.3, -0.25) is 0 Å². The summed E-state index contributed by atoms with van der Waals surface area (Å²) in [5.41, 5.74) is -0.0687. The maximum Gasteiger partial charge on any atom is 0.0962 e. The standard InChI is InChI=1S/C15H24N2OS/c1-2-9-17-15(12-18)8-5-6-13(11-15)19-14-7-3-4-10-16-14/h3-4,7,10,13,17-18H,2,5-6,8-9,11-12H2,1H3. The van der Waals surface area contributed by atoms with Crippen LogP contribution in [0.2, 0.25) is 0 Å². The van der Waals surface area contributed by atoms with Crippen LogP contribution >= 0.6 is 11.8 Å². The molecule has 2 N–H and O–H groups in total. The Hall–Kier alpha value is -0.580. The number of pyridine rings is 1. The van der Waals surface area contributed by atoms with Crippen LogP contribution in [0.4, 0.5) is 0 Å². The van der Waals surface area contributed by atoms with Gasteiger partial charge in [-0.05, 0) is 44.4 Å². The average Bonchev–Trinajstić information content (AvgIpc) is 2.46. The van der Waals surface area contributed by atoms with Gasteiger partial charge in [-0.2, -0.15) is 0 Å². The van der Waals surface area contributed by atoms with Gasteiger partial charge in [-0.1, -0.05) is 19.4 Å². The van der Waals surface area contributed by atoms with Crippen LogP contribution in [0.3, 0.4) is 0 Å². The van der Waals surface area contributed by atoms with Gasteiger partial charge >= 0.3 is 0 Å². The number of hydrogen-bond donors (Lipinski definition) is 2. The summed E-state index contributed by atoms with van der Waals surface area (Å²) in [6.45, 7) is 3.40. The molecule has 0 saturated heterocycles. The average molecular weight is 280 g/mol. The fraction of sp³-hybridized carbons (Fsp3) is 0.667. The topological polar surface area (TPSA) is 45.1 Å². The molecule has 3 nitrogen and oxygen atoms in total. The first-order chi connectivity index (χ1) is 9.28. The van der Waals surface area contributed by atoms with Gasteiger partial charge in [0, 0.05) is 17.0 Å². The predicted molar refractivity (Wildman–Crippen MR) is 80.5 cm³/mol. The quantitative estimate of drug-likeness (QED) is 0.841. The van der Waals surface area contributed by atoms with Crippen LogP contribution in [-0.2, 0) is 0 Å². The minimum absolute atomic E-state index is 0.0687. The smallest absolute Gasteiger partial charge is 0.0962 e.